The van der Waals surface area contributed by atoms with E-state index in [9.17, 15) is 0 Å². The van der Waals surface area contributed by atoms with E-state index in [0.717, 1.165) is 18.6 Å². The van der Waals surface area contributed by atoms with E-state index in [1.807, 2.05) is 25.1 Å². The van der Waals surface area contributed by atoms with Gasteiger partial charge in [-0.15, -0.1) is 0 Å². The topological polar surface area (TPSA) is 44.5 Å². The molecule has 0 saturated carbocycles. The van der Waals surface area contributed by atoms with Gasteiger partial charge in [-0.2, -0.15) is 0 Å². The summed E-state index contributed by atoms with van der Waals surface area (Å²) in [6.45, 7) is 8.15. The predicted octanol–water partition coefficient (Wildman–Crippen LogP) is 3.80. The second kappa shape index (κ2) is 8.41. The maximum absolute atomic E-state index is 6.13. The van der Waals surface area contributed by atoms with Crippen LogP contribution >= 0.6 is 11.6 Å². The van der Waals surface area contributed by atoms with Crippen LogP contribution in [0.4, 0.5) is 0 Å². The average Bonchev–Trinajstić information content (AvgIpc) is 2.34. The first kappa shape index (κ1) is 16.3. The zero-order chi connectivity index (χ0) is 14.3. The van der Waals surface area contributed by atoms with Gasteiger partial charge in [-0.3, -0.25) is 0 Å². The van der Waals surface area contributed by atoms with E-state index in [-0.39, 0.29) is 6.04 Å². The summed E-state index contributed by atoms with van der Waals surface area (Å²) >= 11 is 6.13. The van der Waals surface area contributed by atoms with Crippen LogP contribution in [0, 0.1) is 5.92 Å². The van der Waals surface area contributed by atoms with E-state index in [1.54, 1.807) is 0 Å². The Morgan fingerprint density at radius 2 is 1.89 bits per heavy atom. The molecule has 2 N–H and O–H groups in total. The first-order chi connectivity index (χ1) is 9.00. The van der Waals surface area contributed by atoms with Crippen molar-refractivity contribution in [2.24, 2.45) is 11.7 Å². The van der Waals surface area contributed by atoms with Gasteiger partial charge in [0.05, 0.1) is 11.6 Å². The Balaban J connectivity index is 2.30. The Morgan fingerprint density at radius 3 is 2.47 bits per heavy atom. The van der Waals surface area contributed by atoms with Gasteiger partial charge in [0, 0.05) is 12.6 Å². The molecule has 0 bridgehead atoms. The minimum Gasteiger partial charge on any atom is -0.490 e. The lowest BCUT2D eigenvalue weighted by molar-refractivity contribution is 0.0926. The molecule has 4 heteroatoms. The van der Waals surface area contributed by atoms with Crippen LogP contribution in [0.3, 0.4) is 0 Å². The maximum atomic E-state index is 6.13. The maximum Gasteiger partial charge on any atom is 0.138 e. The molecule has 0 spiro atoms. The number of halogens is 1. The molecule has 1 rings (SSSR count). The van der Waals surface area contributed by atoms with Gasteiger partial charge in [0.25, 0.3) is 0 Å². The Bertz CT molecular complexity index is 380. The summed E-state index contributed by atoms with van der Waals surface area (Å²) < 4.78 is 11.1. The van der Waals surface area contributed by atoms with Crippen molar-refractivity contribution in [1.82, 2.24) is 0 Å². The van der Waals surface area contributed by atoms with Crippen LogP contribution in [0.5, 0.6) is 5.75 Å². The molecule has 0 fully saturated rings. The molecule has 0 aliphatic carbocycles. The summed E-state index contributed by atoms with van der Waals surface area (Å²) in [5.74, 6) is 1.35. The van der Waals surface area contributed by atoms with Crippen molar-refractivity contribution in [2.75, 3.05) is 19.8 Å². The van der Waals surface area contributed by atoms with Crippen molar-refractivity contribution in [3.63, 3.8) is 0 Å². The lowest BCUT2D eigenvalue weighted by Crippen LogP contribution is -2.09. The van der Waals surface area contributed by atoms with Crippen LogP contribution in [-0.4, -0.2) is 19.8 Å². The minimum atomic E-state index is -0.0223. The van der Waals surface area contributed by atoms with Gasteiger partial charge in [0.2, 0.25) is 0 Å². The fourth-order valence-corrected chi connectivity index (χ4v) is 1.79. The van der Waals surface area contributed by atoms with Crippen molar-refractivity contribution in [3.05, 3.63) is 28.8 Å². The SMILES string of the molecule is CC(C)CCOCCOc1ccc([C@@H](C)N)cc1Cl. The van der Waals surface area contributed by atoms with E-state index >= 15 is 0 Å². The molecule has 108 valence electrons. The molecular weight excluding hydrogens is 262 g/mol. The first-order valence-corrected chi connectivity index (χ1v) is 7.14. The molecule has 0 aromatic heterocycles. The van der Waals surface area contributed by atoms with Crippen molar-refractivity contribution in [1.29, 1.82) is 0 Å². The van der Waals surface area contributed by atoms with Crippen LogP contribution in [0.2, 0.25) is 5.02 Å². The smallest absolute Gasteiger partial charge is 0.138 e. The zero-order valence-electron chi connectivity index (χ0n) is 12.0. The monoisotopic (exact) mass is 285 g/mol. The van der Waals surface area contributed by atoms with E-state index in [2.05, 4.69) is 13.8 Å². The Hall–Kier alpha value is -0.770. The third-order valence-corrected chi connectivity index (χ3v) is 3.10. The normalized spacial score (nSPS) is 12.7. The molecule has 19 heavy (non-hydrogen) atoms. The van der Waals surface area contributed by atoms with Gasteiger partial charge >= 0.3 is 0 Å². The molecule has 0 unspecified atom stereocenters. The largest absolute Gasteiger partial charge is 0.490 e. The summed E-state index contributed by atoms with van der Waals surface area (Å²) in [5, 5.41) is 0.594. The van der Waals surface area contributed by atoms with Gasteiger partial charge in [-0.1, -0.05) is 31.5 Å². The quantitative estimate of drug-likeness (QED) is 0.739. The number of ether oxygens (including phenoxy) is 2. The van der Waals surface area contributed by atoms with Crippen LogP contribution < -0.4 is 10.5 Å². The fourth-order valence-electron chi connectivity index (χ4n) is 1.55. The highest BCUT2D eigenvalue weighted by Gasteiger charge is 2.05. The van der Waals surface area contributed by atoms with Crippen LogP contribution in [0.1, 0.15) is 38.8 Å². The van der Waals surface area contributed by atoms with Gasteiger partial charge in [-0.05, 0) is 37.0 Å². The van der Waals surface area contributed by atoms with E-state index in [4.69, 9.17) is 26.8 Å². The molecule has 0 aliphatic rings. The molecule has 0 radical (unpaired) electrons. The summed E-state index contributed by atoms with van der Waals surface area (Å²) in [5.41, 5.74) is 6.80. The first-order valence-electron chi connectivity index (χ1n) is 6.76. The van der Waals surface area contributed by atoms with Gasteiger partial charge in [-0.25, -0.2) is 0 Å². The van der Waals surface area contributed by atoms with Crippen LogP contribution in [-0.2, 0) is 4.74 Å². The second-order valence-electron chi connectivity index (χ2n) is 5.12. The molecule has 0 amide bonds. The van der Waals surface area contributed by atoms with E-state index < -0.39 is 0 Å². The second-order valence-corrected chi connectivity index (χ2v) is 5.53. The molecule has 1 atom stereocenters. The highest BCUT2D eigenvalue weighted by atomic mass is 35.5. The third kappa shape index (κ3) is 6.28. The van der Waals surface area contributed by atoms with E-state index in [1.165, 1.54) is 0 Å². The number of rotatable bonds is 8. The van der Waals surface area contributed by atoms with Crippen molar-refractivity contribution < 1.29 is 9.47 Å². The summed E-state index contributed by atoms with van der Waals surface area (Å²) in [7, 11) is 0. The third-order valence-electron chi connectivity index (χ3n) is 2.81. The number of nitrogens with two attached hydrogens (primary N) is 1. The molecule has 0 heterocycles. The highest BCUT2D eigenvalue weighted by Crippen LogP contribution is 2.27. The van der Waals surface area contributed by atoms with E-state index in [0.29, 0.717) is 29.9 Å². The fraction of sp³-hybridized carbons (Fsp3) is 0.600. The summed E-state index contributed by atoms with van der Waals surface area (Å²) in [4.78, 5) is 0. The lowest BCUT2D eigenvalue weighted by Gasteiger charge is -2.11. The van der Waals surface area contributed by atoms with Gasteiger partial charge in [0.15, 0.2) is 0 Å². The summed E-state index contributed by atoms with van der Waals surface area (Å²) in [6.07, 6.45) is 1.07. The van der Waals surface area contributed by atoms with Crippen molar-refractivity contribution >= 4 is 11.6 Å². The molecule has 1 aromatic rings. The van der Waals surface area contributed by atoms with Crippen molar-refractivity contribution in [2.45, 2.75) is 33.2 Å². The molecule has 1 aromatic carbocycles. The van der Waals surface area contributed by atoms with Crippen LogP contribution in [0.15, 0.2) is 18.2 Å². The summed E-state index contributed by atoms with van der Waals surface area (Å²) in [6, 6.07) is 5.62. The van der Waals surface area contributed by atoms with Gasteiger partial charge in [0.1, 0.15) is 12.4 Å². The number of hydrogen-bond donors (Lipinski definition) is 1. The number of hydrogen-bond acceptors (Lipinski definition) is 3. The molecular formula is C15H24ClNO2. The molecule has 3 nitrogen and oxygen atoms in total. The Morgan fingerprint density at radius 1 is 1.16 bits per heavy atom. The number of benzene rings is 1. The zero-order valence-corrected chi connectivity index (χ0v) is 12.7. The van der Waals surface area contributed by atoms with Gasteiger partial charge < -0.3 is 15.2 Å². The lowest BCUT2D eigenvalue weighted by atomic mass is 10.1. The standard InChI is InChI=1S/C15H24ClNO2/c1-11(2)6-7-18-8-9-19-15-5-4-13(12(3)17)10-14(15)16/h4-5,10-12H,6-9,17H2,1-3H3/t12-/m1/s1. The molecule has 0 saturated heterocycles. The highest BCUT2D eigenvalue weighted by molar-refractivity contribution is 6.32. The Kier molecular flexibility index (Phi) is 7.21. The van der Waals surface area contributed by atoms with Crippen molar-refractivity contribution in [3.8, 4) is 5.75 Å². The predicted molar refractivity (Wildman–Crippen MR) is 79.8 cm³/mol. The molecule has 0 aliphatic heterocycles. The van der Waals surface area contributed by atoms with Crippen LogP contribution in [0.25, 0.3) is 0 Å². The Labute approximate surface area is 121 Å². The minimum absolute atomic E-state index is 0.0223. The average molecular weight is 286 g/mol.